The van der Waals surface area contributed by atoms with Crippen LogP contribution in [-0.2, 0) is 24.7 Å². The van der Waals surface area contributed by atoms with Gasteiger partial charge in [0.2, 0.25) is 10.9 Å². The quantitative estimate of drug-likeness (QED) is 0.124. The van der Waals surface area contributed by atoms with Crippen molar-refractivity contribution < 1.29 is 14.1 Å². The van der Waals surface area contributed by atoms with Gasteiger partial charge in [-0.1, -0.05) is 113 Å². The van der Waals surface area contributed by atoms with Crippen molar-refractivity contribution >= 4 is 22.9 Å². The fraction of sp³-hybridized carbons (Fsp3) is 0.515. The summed E-state index contributed by atoms with van der Waals surface area (Å²) in [5.41, 5.74) is 3.02. The van der Waals surface area contributed by atoms with Crippen molar-refractivity contribution in [3.05, 3.63) is 76.2 Å². The van der Waals surface area contributed by atoms with Crippen LogP contribution in [0.1, 0.15) is 100 Å². The van der Waals surface area contributed by atoms with Gasteiger partial charge in [0, 0.05) is 5.69 Å². The van der Waals surface area contributed by atoms with Gasteiger partial charge in [0.05, 0.1) is 24.8 Å². The van der Waals surface area contributed by atoms with Gasteiger partial charge in [-0.05, 0) is 41.8 Å². The highest BCUT2D eigenvalue weighted by atomic mass is 32.1. The largest absolute Gasteiger partial charge is 0.494 e. The van der Waals surface area contributed by atoms with Gasteiger partial charge in [0.25, 0.3) is 0 Å². The highest BCUT2D eigenvalue weighted by Gasteiger charge is 2.10. The third-order valence-electron chi connectivity index (χ3n) is 7.00. The number of benzene rings is 2. The minimum absolute atomic E-state index is 0.00556. The molecule has 1 N–H and O–H groups in total. The van der Waals surface area contributed by atoms with Crippen LogP contribution in [0.3, 0.4) is 0 Å². The van der Waals surface area contributed by atoms with E-state index in [9.17, 15) is 4.79 Å². The van der Waals surface area contributed by atoms with E-state index in [1.54, 1.807) is 11.3 Å². The van der Waals surface area contributed by atoms with E-state index in [2.05, 4.69) is 47.6 Å². The number of amides is 1. The zero-order valence-corrected chi connectivity index (χ0v) is 24.4. The number of aromatic nitrogens is 1. The number of rotatable bonds is 19. The highest BCUT2D eigenvalue weighted by molar-refractivity contribution is 7.09. The van der Waals surface area contributed by atoms with E-state index in [1.165, 1.54) is 81.2 Å². The molecule has 0 spiro atoms. The number of nitrogens with zero attached hydrogens (tertiary/aromatic N) is 1. The first kappa shape index (κ1) is 29.9. The first-order valence-electron chi connectivity index (χ1n) is 14.7. The zero-order valence-electron chi connectivity index (χ0n) is 23.6. The summed E-state index contributed by atoms with van der Waals surface area (Å²) in [6.45, 7) is 3.04. The summed E-state index contributed by atoms with van der Waals surface area (Å²) in [7, 11) is 2.06. The summed E-state index contributed by atoms with van der Waals surface area (Å²) in [4.78, 5) is 12.6. The predicted octanol–water partition coefficient (Wildman–Crippen LogP) is 8.42. The molecule has 1 heterocycles. The molecule has 0 saturated heterocycles. The Morgan fingerprint density at radius 2 is 1.50 bits per heavy atom. The summed E-state index contributed by atoms with van der Waals surface area (Å²) in [6.07, 6.45) is 19.4. The number of carbonyl (C=O) groups excluding carboxylic acids is 1. The molecule has 0 aliphatic carbocycles. The van der Waals surface area contributed by atoms with Crippen LogP contribution in [-0.4, -0.2) is 12.5 Å². The molecule has 0 unspecified atom stereocenters. The molecule has 0 bridgehead atoms. The number of aryl methyl sites for hydroxylation is 1. The molecular weight excluding hydrogens is 488 g/mol. The average molecular weight is 536 g/mol. The maximum atomic E-state index is 12.6. The van der Waals surface area contributed by atoms with Crippen LogP contribution in [0.2, 0.25) is 0 Å². The van der Waals surface area contributed by atoms with E-state index in [0.29, 0.717) is 6.42 Å². The third kappa shape index (κ3) is 11.8. The van der Waals surface area contributed by atoms with Crippen molar-refractivity contribution in [2.75, 3.05) is 11.9 Å². The highest BCUT2D eigenvalue weighted by Crippen LogP contribution is 2.18. The van der Waals surface area contributed by atoms with Crippen molar-refractivity contribution in [3.63, 3.8) is 0 Å². The molecule has 0 saturated carbocycles. The summed E-state index contributed by atoms with van der Waals surface area (Å²) >= 11 is 1.75. The molecule has 3 aromatic rings. The number of anilines is 1. The van der Waals surface area contributed by atoms with E-state index in [1.807, 2.05) is 36.4 Å². The van der Waals surface area contributed by atoms with E-state index in [-0.39, 0.29) is 5.91 Å². The summed E-state index contributed by atoms with van der Waals surface area (Å²) in [6, 6.07) is 16.0. The molecule has 5 heteroatoms. The topological polar surface area (TPSA) is 42.2 Å². The molecule has 206 valence electrons. The third-order valence-corrected chi connectivity index (χ3v) is 7.96. The van der Waals surface area contributed by atoms with Crippen LogP contribution in [0.15, 0.2) is 60.1 Å². The monoisotopic (exact) mass is 535 g/mol. The van der Waals surface area contributed by atoms with Crippen LogP contribution < -0.4 is 14.6 Å². The minimum atomic E-state index is -0.00556. The van der Waals surface area contributed by atoms with Crippen molar-refractivity contribution in [1.82, 2.24) is 0 Å². The maximum Gasteiger partial charge on any atom is 0.241 e. The van der Waals surface area contributed by atoms with Crippen molar-refractivity contribution in [1.29, 1.82) is 0 Å². The second-order valence-electron chi connectivity index (χ2n) is 10.4. The van der Waals surface area contributed by atoms with E-state index in [0.717, 1.165) is 36.4 Å². The number of hydrogen-bond donors (Lipinski definition) is 1. The first-order valence-corrected chi connectivity index (χ1v) is 15.5. The number of ether oxygens (including phenoxy) is 1. The number of hydrogen-bond acceptors (Lipinski definition) is 3. The summed E-state index contributed by atoms with van der Waals surface area (Å²) in [5, 5.41) is 6.43. The van der Waals surface area contributed by atoms with Crippen LogP contribution in [0.25, 0.3) is 0 Å². The Balaban J connectivity index is 1.26. The molecule has 3 rings (SSSR count). The Morgan fingerprint density at radius 3 is 2.13 bits per heavy atom. The second-order valence-corrected chi connectivity index (χ2v) is 11.4. The fourth-order valence-corrected chi connectivity index (χ4v) is 5.57. The minimum Gasteiger partial charge on any atom is -0.494 e. The smallest absolute Gasteiger partial charge is 0.241 e. The lowest BCUT2D eigenvalue weighted by atomic mass is 10.1. The van der Waals surface area contributed by atoms with Crippen LogP contribution in [0.5, 0.6) is 5.75 Å². The lowest BCUT2D eigenvalue weighted by molar-refractivity contribution is -0.673. The van der Waals surface area contributed by atoms with Gasteiger partial charge >= 0.3 is 0 Å². The van der Waals surface area contributed by atoms with E-state index in [4.69, 9.17) is 4.74 Å². The number of unbranched alkanes of at least 4 members (excludes halogenated alkanes) is 11. The van der Waals surface area contributed by atoms with Crippen molar-refractivity contribution in [3.8, 4) is 5.75 Å². The summed E-state index contributed by atoms with van der Waals surface area (Å²) < 4.78 is 8.06. The van der Waals surface area contributed by atoms with Gasteiger partial charge in [-0.3, -0.25) is 4.79 Å². The molecule has 0 fully saturated rings. The fourth-order valence-electron chi connectivity index (χ4n) is 4.69. The molecule has 2 aromatic carbocycles. The molecule has 0 aliphatic heterocycles. The lowest BCUT2D eigenvalue weighted by Gasteiger charge is -2.09. The van der Waals surface area contributed by atoms with Gasteiger partial charge in [-0.15, -0.1) is 0 Å². The number of carbonyl (C=O) groups is 1. The predicted molar refractivity (Wildman–Crippen MR) is 160 cm³/mol. The second kappa shape index (κ2) is 17.8. The number of thiazole rings is 1. The Labute approximate surface area is 234 Å². The molecule has 0 aliphatic rings. The van der Waals surface area contributed by atoms with Crippen molar-refractivity contribution in [2.24, 2.45) is 7.05 Å². The molecule has 4 nitrogen and oxygen atoms in total. The van der Waals surface area contributed by atoms with Crippen LogP contribution >= 0.6 is 11.3 Å². The number of nitrogens with one attached hydrogen (secondary N) is 1. The first-order chi connectivity index (χ1) is 18.6. The van der Waals surface area contributed by atoms with Gasteiger partial charge in [-0.2, -0.15) is 4.57 Å². The Hall–Kier alpha value is -2.66. The standard InChI is InChI=1S/C33H46N2O2S/c1-3-4-5-6-7-8-9-10-11-12-13-14-23-37-31-20-18-28(19-21-31)26-32(36)34-30-17-15-16-29(25-30)27-33-35(2)22-24-38-33/h15-22,24-25H,3-14,23,26-27H2,1-2H3/p+1. The normalized spacial score (nSPS) is 11.0. The zero-order chi connectivity index (χ0) is 26.8. The van der Waals surface area contributed by atoms with E-state index < -0.39 is 0 Å². The average Bonchev–Trinajstić information content (AvgIpc) is 3.32. The molecule has 38 heavy (non-hydrogen) atoms. The molecule has 0 atom stereocenters. The van der Waals surface area contributed by atoms with Crippen LogP contribution in [0, 0.1) is 0 Å². The molecule has 1 amide bonds. The van der Waals surface area contributed by atoms with Gasteiger partial charge < -0.3 is 10.1 Å². The van der Waals surface area contributed by atoms with Crippen molar-refractivity contribution in [2.45, 2.75) is 96.8 Å². The van der Waals surface area contributed by atoms with Gasteiger partial charge in [0.1, 0.15) is 12.8 Å². The SMILES string of the molecule is CCCCCCCCCCCCCCOc1ccc(CC(=O)Nc2cccc(Cc3scc[n+]3C)c2)cc1. The maximum absolute atomic E-state index is 12.6. The van der Waals surface area contributed by atoms with E-state index >= 15 is 0 Å². The van der Waals surface area contributed by atoms with Gasteiger partial charge in [0.15, 0.2) is 6.20 Å². The van der Waals surface area contributed by atoms with Gasteiger partial charge in [-0.25, -0.2) is 0 Å². The molecule has 1 aromatic heterocycles. The molecular formula is C33H47N2O2S+. The Morgan fingerprint density at radius 1 is 0.842 bits per heavy atom. The van der Waals surface area contributed by atoms with Crippen LogP contribution in [0.4, 0.5) is 5.69 Å². The Bertz CT molecular complexity index is 1060. The Kier molecular flexibility index (Phi) is 14.0. The lowest BCUT2D eigenvalue weighted by Crippen LogP contribution is -2.29. The summed E-state index contributed by atoms with van der Waals surface area (Å²) in [5.74, 6) is 0.876. The molecule has 0 radical (unpaired) electrons.